The molecule has 0 bridgehead atoms. The van der Waals surface area contributed by atoms with E-state index in [1.807, 2.05) is 6.07 Å². The van der Waals surface area contributed by atoms with E-state index < -0.39 is 16.1 Å². The Morgan fingerprint density at radius 2 is 2.07 bits per heavy atom. The molecular weight excluding hydrogens is 378 g/mol. The summed E-state index contributed by atoms with van der Waals surface area (Å²) < 4.78 is 34.6. The second kappa shape index (κ2) is 7.14. The lowest BCUT2D eigenvalue weighted by molar-refractivity contribution is 0.338. The van der Waals surface area contributed by atoms with Crippen molar-refractivity contribution in [2.75, 3.05) is 0 Å². The maximum Gasteiger partial charge on any atom is 0.264 e. The van der Waals surface area contributed by atoms with Gasteiger partial charge in [0.15, 0.2) is 0 Å². The van der Waals surface area contributed by atoms with E-state index in [0.29, 0.717) is 34.7 Å². The summed E-state index contributed by atoms with van der Waals surface area (Å²) in [6, 6.07) is 3.20. The van der Waals surface area contributed by atoms with Gasteiger partial charge in [0.2, 0.25) is 15.9 Å². The highest BCUT2D eigenvalue weighted by atomic mass is 32.2. The maximum absolute atomic E-state index is 13.1. The number of aromatic amines is 1. The van der Waals surface area contributed by atoms with Crippen LogP contribution in [0.3, 0.4) is 0 Å². The molecule has 28 heavy (non-hydrogen) atoms. The van der Waals surface area contributed by atoms with Crippen LogP contribution >= 0.6 is 0 Å². The molecule has 0 amide bonds. The molecule has 0 aliphatic heterocycles. The van der Waals surface area contributed by atoms with Gasteiger partial charge in [-0.3, -0.25) is 4.98 Å². The lowest BCUT2D eigenvalue weighted by atomic mass is 9.85. The quantitative estimate of drug-likeness (QED) is 0.654. The van der Waals surface area contributed by atoms with Gasteiger partial charge in [-0.2, -0.15) is 0 Å². The van der Waals surface area contributed by atoms with Crippen molar-refractivity contribution in [3.8, 4) is 11.6 Å². The lowest BCUT2D eigenvalue weighted by Gasteiger charge is -2.20. The summed E-state index contributed by atoms with van der Waals surface area (Å²) in [5.41, 5.74) is 2.43. The number of hydrogen-bond acceptors (Lipinski definition) is 6. The molecule has 0 radical (unpaired) electrons. The Hall–Kier alpha value is -2.52. The van der Waals surface area contributed by atoms with Crippen molar-refractivity contribution in [1.29, 1.82) is 0 Å². The molecule has 9 heteroatoms. The van der Waals surface area contributed by atoms with Gasteiger partial charge >= 0.3 is 0 Å². The Kier molecular flexibility index (Phi) is 4.80. The third-order valence-electron chi connectivity index (χ3n) is 5.26. The Labute approximate surface area is 163 Å². The number of aromatic nitrogens is 4. The summed E-state index contributed by atoms with van der Waals surface area (Å²) >= 11 is 0. The van der Waals surface area contributed by atoms with Crippen molar-refractivity contribution in [2.45, 2.75) is 56.9 Å². The van der Waals surface area contributed by atoms with E-state index in [1.165, 1.54) is 6.42 Å². The molecule has 1 fully saturated rings. The minimum atomic E-state index is -3.76. The summed E-state index contributed by atoms with van der Waals surface area (Å²) in [5.74, 6) is 1.27. The lowest BCUT2D eigenvalue weighted by Crippen LogP contribution is -2.27. The molecule has 148 valence electrons. The van der Waals surface area contributed by atoms with Crippen molar-refractivity contribution in [3.05, 3.63) is 47.2 Å². The maximum atomic E-state index is 13.1. The second-order valence-corrected chi connectivity index (χ2v) is 8.93. The molecule has 3 aromatic heterocycles. The number of pyridine rings is 1. The Morgan fingerprint density at radius 3 is 2.71 bits per heavy atom. The van der Waals surface area contributed by atoms with Gasteiger partial charge in [0.1, 0.15) is 10.6 Å². The first-order chi connectivity index (χ1) is 13.4. The zero-order valence-corrected chi connectivity index (χ0v) is 16.9. The molecule has 1 atom stereocenters. The number of H-pyrrole nitrogens is 1. The van der Waals surface area contributed by atoms with E-state index in [0.717, 1.165) is 18.4 Å². The van der Waals surface area contributed by atoms with Gasteiger partial charge in [0.05, 0.1) is 0 Å². The highest BCUT2D eigenvalue weighted by Gasteiger charge is 2.30. The van der Waals surface area contributed by atoms with Gasteiger partial charge in [-0.1, -0.05) is 12.5 Å². The van der Waals surface area contributed by atoms with Crippen LogP contribution in [0.4, 0.5) is 0 Å². The average Bonchev–Trinajstić information content (AvgIpc) is 3.18. The van der Waals surface area contributed by atoms with Crippen molar-refractivity contribution >= 4 is 10.0 Å². The summed E-state index contributed by atoms with van der Waals surface area (Å²) in [4.78, 5) is 7.37. The van der Waals surface area contributed by atoms with Crippen LogP contribution in [0, 0.1) is 13.8 Å². The number of rotatable bonds is 6. The van der Waals surface area contributed by atoms with Crippen LogP contribution in [0.5, 0.6) is 0 Å². The van der Waals surface area contributed by atoms with E-state index in [9.17, 15) is 8.42 Å². The Bertz CT molecular complexity index is 1080. The van der Waals surface area contributed by atoms with Gasteiger partial charge in [0, 0.05) is 30.0 Å². The standard InChI is InChI=1S/C19H23N5O3S/c1-11-16(19-23-22-18(27-19)14-6-4-7-14)21-13(3)17(11)28(25,26)24-12(2)15-8-5-9-20-10-15/h5,8-10,12,14,21,24H,4,6-7H2,1-3H3/t12-/m0/s1. The smallest absolute Gasteiger partial charge is 0.264 e. The fraction of sp³-hybridized carbons (Fsp3) is 0.421. The minimum Gasteiger partial charge on any atom is -0.419 e. The molecule has 3 aromatic rings. The number of aryl methyl sites for hydroxylation is 1. The number of nitrogens with zero attached hydrogens (tertiary/aromatic N) is 3. The van der Waals surface area contributed by atoms with Crippen molar-refractivity contribution in [1.82, 2.24) is 24.9 Å². The molecular formula is C19H23N5O3S. The molecule has 4 rings (SSSR count). The third kappa shape index (κ3) is 3.35. The monoisotopic (exact) mass is 401 g/mol. The van der Waals surface area contributed by atoms with Gasteiger partial charge in [0.25, 0.3) is 5.89 Å². The molecule has 2 N–H and O–H groups in total. The molecule has 0 saturated heterocycles. The van der Waals surface area contributed by atoms with Gasteiger partial charge < -0.3 is 9.40 Å². The van der Waals surface area contributed by atoms with E-state index in [1.54, 1.807) is 39.2 Å². The Balaban J connectivity index is 1.63. The second-order valence-electron chi connectivity index (χ2n) is 7.28. The fourth-order valence-electron chi connectivity index (χ4n) is 3.50. The molecule has 1 saturated carbocycles. The van der Waals surface area contributed by atoms with Gasteiger partial charge in [-0.25, -0.2) is 13.1 Å². The van der Waals surface area contributed by atoms with Crippen LogP contribution in [-0.2, 0) is 10.0 Å². The molecule has 8 nitrogen and oxygen atoms in total. The zero-order valence-electron chi connectivity index (χ0n) is 16.1. The number of sulfonamides is 1. The molecule has 0 spiro atoms. The molecule has 0 aromatic carbocycles. The zero-order chi connectivity index (χ0) is 19.9. The molecule has 1 aliphatic rings. The number of hydrogen-bond donors (Lipinski definition) is 2. The topological polar surface area (TPSA) is 114 Å². The summed E-state index contributed by atoms with van der Waals surface area (Å²) in [6.07, 6.45) is 6.59. The highest BCUT2D eigenvalue weighted by molar-refractivity contribution is 7.89. The van der Waals surface area contributed by atoms with Crippen LogP contribution < -0.4 is 4.72 Å². The van der Waals surface area contributed by atoms with Crippen LogP contribution in [0.15, 0.2) is 33.8 Å². The van der Waals surface area contributed by atoms with Crippen LogP contribution in [0.2, 0.25) is 0 Å². The van der Waals surface area contributed by atoms with Crippen molar-refractivity contribution in [3.63, 3.8) is 0 Å². The largest absolute Gasteiger partial charge is 0.419 e. The first kappa shape index (κ1) is 18.8. The summed E-state index contributed by atoms with van der Waals surface area (Å²) in [7, 11) is -3.76. The molecule has 1 aliphatic carbocycles. The predicted molar refractivity (Wildman–Crippen MR) is 103 cm³/mol. The van der Waals surface area contributed by atoms with E-state index in [-0.39, 0.29) is 4.90 Å². The molecule has 0 unspecified atom stereocenters. The normalized spacial score (nSPS) is 16.1. The predicted octanol–water partition coefficient (Wildman–Crippen LogP) is 3.38. The van der Waals surface area contributed by atoms with E-state index in [2.05, 4.69) is 24.9 Å². The van der Waals surface area contributed by atoms with Gasteiger partial charge in [-0.15, -0.1) is 10.2 Å². The SMILES string of the molecule is Cc1[nH]c(-c2nnc(C3CCC3)o2)c(C)c1S(=O)(=O)N[C@@H](C)c1cccnc1. The minimum absolute atomic E-state index is 0.210. The van der Waals surface area contributed by atoms with E-state index in [4.69, 9.17) is 4.42 Å². The van der Waals surface area contributed by atoms with Crippen molar-refractivity contribution < 1.29 is 12.8 Å². The summed E-state index contributed by atoms with van der Waals surface area (Å²) in [5, 5.41) is 8.26. The van der Waals surface area contributed by atoms with Crippen LogP contribution in [-0.4, -0.2) is 28.6 Å². The highest BCUT2D eigenvalue weighted by Crippen LogP contribution is 2.37. The Morgan fingerprint density at radius 1 is 1.29 bits per heavy atom. The van der Waals surface area contributed by atoms with Crippen molar-refractivity contribution in [2.24, 2.45) is 0 Å². The number of nitrogens with one attached hydrogen (secondary N) is 2. The molecule has 3 heterocycles. The first-order valence-corrected chi connectivity index (χ1v) is 10.8. The van der Waals surface area contributed by atoms with Gasteiger partial charge in [-0.05, 0) is 50.8 Å². The first-order valence-electron chi connectivity index (χ1n) is 9.32. The fourth-order valence-corrected chi connectivity index (χ4v) is 5.18. The van der Waals surface area contributed by atoms with Crippen LogP contribution in [0.25, 0.3) is 11.6 Å². The summed E-state index contributed by atoms with van der Waals surface area (Å²) in [6.45, 7) is 5.26. The third-order valence-corrected chi connectivity index (χ3v) is 7.08. The van der Waals surface area contributed by atoms with E-state index >= 15 is 0 Å². The average molecular weight is 401 g/mol. The van der Waals surface area contributed by atoms with Crippen LogP contribution in [0.1, 0.15) is 60.9 Å².